The zero-order valence-corrected chi connectivity index (χ0v) is 10.5. The van der Waals surface area contributed by atoms with Gasteiger partial charge in [-0.2, -0.15) is 0 Å². The molecule has 0 heterocycles. The Morgan fingerprint density at radius 1 is 1.00 bits per heavy atom. The lowest BCUT2D eigenvalue weighted by Crippen LogP contribution is -2.05. The number of hydrogen-bond donors (Lipinski definition) is 1. The average Bonchev–Trinajstić information content (AvgIpc) is 2.38. The molecule has 0 bridgehead atoms. The highest BCUT2D eigenvalue weighted by Crippen LogP contribution is 2.28. The third kappa shape index (κ3) is 2.49. The molecule has 1 N–H and O–H groups in total. The topological polar surface area (TPSA) is 20.2 Å². The van der Waals surface area contributed by atoms with Crippen molar-refractivity contribution < 1.29 is 18.3 Å². The van der Waals surface area contributed by atoms with Crippen molar-refractivity contribution in [2.45, 2.75) is 20.0 Å². The minimum atomic E-state index is -1.53. The molecule has 1 atom stereocenters. The first-order valence-corrected chi connectivity index (χ1v) is 5.80. The second kappa shape index (κ2) is 5.05. The van der Waals surface area contributed by atoms with E-state index in [1.807, 2.05) is 19.9 Å². The lowest BCUT2D eigenvalue weighted by molar-refractivity contribution is 0.218. The van der Waals surface area contributed by atoms with Gasteiger partial charge >= 0.3 is 0 Å². The molecule has 2 rings (SSSR count). The molecule has 4 heteroatoms. The van der Waals surface area contributed by atoms with E-state index in [9.17, 15) is 18.3 Å². The summed E-state index contributed by atoms with van der Waals surface area (Å²) in [5, 5.41) is 10.2. The number of aliphatic hydroxyl groups is 1. The molecule has 0 radical (unpaired) electrons. The van der Waals surface area contributed by atoms with E-state index in [0.29, 0.717) is 5.56 Å². The molecular weight excluding hydrogens is 253 g/mol. The van der Waals surface area contributed by atoms with Crippen LogP contribution in [-0.2, 0) is 0 Å². The van der Waals surface area contributed by atoms with E-state index in [2.05, 4.69) is 0 Å². The lowest BCUT2D eigenvalue weighted by atomic mass is 9.94. The van der Waals surface area contributed by atoms with Crippen molar-refractivity contribution in [1.29, 1.82) is 0 Å². The Kier molecular flexibility index (Phi) is 3.62. The second-order valence-electron chi connectivity index (χ2n) is 4.49. The summed E-state index contributed by atoms with van der Waals surface area (Å²) >= 11 is 0. The van der Waals surface area contributed by atoms with Gasteiger partial charge in [0, 0.05) is 0 Å². The van der Waals surface area contributed by atoms with E-state index < -0.39 is 23.6 Å². The maximum absolute atomic E-state index is 13.2. The number of hydrogen-bond acceptors (Lipinski definition) is 1. The van der Waals surface area contributed by atoms with Crippen LogP contribution in [0.1, 0.15) is 28.4 Å². The Morgan fingerprint density at radius 3 is 2.16 bits per heavy atom. The molecule has 2 aromatic carbocycles. The molecule has 100 valence electrons. The summed E-state index contributed by atoms with van der Waals surface area (Å²) in [5.41, 5.74) is 2.33. The summed E-state index contributed by atoms with van der Waals surface area (Å²) in [7, 11) is 0. The first kappa shape index (κ1) is 13.6. The zero-order chi connectivity index (χ0) is 14.2. The van der Waals surface area contributed by atoms with Gasteiger partial charge in [-0.15, -0.1) is 0 Å². The first-order chi connectivity index (χ1) is 8.91. The van der Waals surface area contributed by atoms with Crippen LogP contribution >= 0.6 is 0 Å². The van der Waals surface area contributed by atoms with Crippen LogP contribution < -0.4 is 0 Å². The first-order valence-electron chi connectivity index (χ1n) is 5.80. The highest BCUT2D eigenvalue weighted by atomic mass is 19.2. The Bertz CT molecular complexity index is 600. The van der Waals surface area contributed by atoms with E-state index in [1.54, 1.807) is 12.1 Å². The number of rotatable bonds is 2. The van der Waals surface area contributed by atoms with Crippen molar-refractivity contribution in [3.05, 3.63) is 70.0 Å². The monoisotopic (exact) mass is 266 g/mol. The predicted octanol–water partition coefficient (Wildman–Crippen LogP) is 3.80. The molecule has 1 nitrogen and oxygen atoms in total. The molecule has 0 aliphatic rings. The third-order valence-electron chi connectivity index (χ3n) is 3.26. The van der Waals surface area contributed by atoms with Crippen LogP contribution in [-0.4, -0.2) is 5.11 Å². The quantitative estimate of drug-likeness (QED) is 0.820. The highest BCUT2D eigenvalue weighted by molar-refractivity contribution is 5.39. The van der Waals surface area contributed by atoms with Gasteiger partial charge in [0.15, 0.2) is 17.5 Å². The Hall–Kier alpha value is -1.81. The van der Waals surface area contributed by atoms with Gasteiger partial charge < -0.3 is 5.11 Å². The summed E-state index contributed by atoms with van der Waals surface area (Å²) in [6.07, 6.45) is -1.19. The molecule has 1 unspecified atom stereocenters. The largest absolute Gasteiger partial charge is 0.384 e. The van der Waals surface area contributed by atoms with Crippen LogP contribution in [0, 0.1) is 31.3 Å². The van der Waals surface area contributed by atoms with Gasteiger partial charge in [-0.05, 0) is 48.2 Å². The third-order valence-corrected chi connectivity index (χ3v) is 3.26. The molecule has 0 aromatic heterocycles. The highest BCUT2D eigenvalue weighted by Gasteiger charge is 2.18. The number of aryl methyl sites for hydroxylation is 1. The SMILES string of the molecule is Cc1cccc(C(O)c2cc(F)c(F)c(F)c2)c1C. The van der Waals surface area contributed by atoms with Crippen molar-refractivity contribution in [3.63, 3.8) is 0 Å². The van der Waals surface area contributed by atoms with Gasteiger partial charge in [0.25, 0.3) is 0 Å². The molecule has 0 fully saturated rings. The van der Waals surface area contributed by atoms with Crippen LogP contribution in [0.5, 0.6) is 0 Å². The normalized spacial score (nSPS) is 12.5. The number of halogens is 3. The van der Waals surface area contributed by atoms with E-state index in [4.69, 9.17) is 0 Å². The second-order valence-corrected chi connectivity index (χ2v) is 4.49. The van der Waals surface area contributed by atoms with Crippen LogP contribution in [0.15, 0.2) is 30.3 Å². The fraction of sp³-hybridized carbons (Fsp3) is 0.200. The van der Waals surface area contributed by atoms with Crippen molar-refractivity contribution in [2.24, 2.45) is 0 Å². The summed E-state index contributed by atoms with van der Waals surface area (Å²) in [6, 6.07) is 6.91. The van der Waals surface area contributed by atoms with Crippen LogP contribution in [0.4, 0.5) is 13.2 Å². The van der Waals surface area contributed by atoms with Gasteiger partial charge in [-0.1, -0.05) is 18.2 Å². The summed E-state index contributed by atoms with van der Waals surface area (Å²) in [5.74, 6) is -4.14. The number of benzene rings is 2. The fourth-order valence-corrected chi connectivity index (χ4v) is 1.98. The summed E-state index contributed by atoms with van der Waals surface area (Å²) in [4.78, 5) is 0. The van der Waals surface area contributed by atoms with Crippen molar-refractivity contribution in [3.8, 4) is 0 Å². The molecule has 19 heavy (non-hydrogen) atoms. The fourth-order valence-electron chi connectivity index (χ4n) is 1.98. The Balaban J connectivity index is 2.50. The van der Waals surface area contributed by atoms with Crippen LogP contribution in [0.2, 0.25) is 0 Å². The summed E-state index contributed by atoms with van der Waals surface area (Å²) < 4.78 is 39.2. The molecule has 0 saturated heterocycles. The molecule has 0 aliphatic heterocycles. The van der Waals surface area contributed by atoms with E-state index in [1.165, 1.54) is 0 Å². The molecule has 0 aliphatic carbocycles. The van der Waals surface area contributed by atoms with Gasteiger partial charge in [-0.3, -0.25) is 0 Å². The standard InChI is InChI=1S/C15H13F3O/c1-8-4-3-5-11(9(8)2)15(19)10-6-12(16)14(18)13(17)7-10/h3-7,15,19H,1-2H3. The predicted molar refractivity (Wildman–Crippen MR) is 66.3 cm³/mol. The Labute approximate surface area is 109 Å². The van der Waals surface area contributed by atoms with Crippen LogP contribution in [0.25, 0.3) is 0 Å². The van der Waals surface area contributed by atoms with Crippen molar-refractivity contribution in [1.82, 2.24) is 0 Å². The van der Waals surface area contributed by atoms with Gasteiger partial charge in [0.1, 0.15) is 6.10 Å². The molecular formula is C15H13F3O. The van der Waals surface area contributed by atoms with Crippen molar-refractivity contribution >= 4 is 0 Å². The van der Waals surface area contributed by atoms with Gasteiger partial charge in [0.2, 0.25) is 0 Å². The van der Waals surface area contributed by atoms with E-state index in [-0.39, 0.29) is 5.56 Å². The van der Waals surface area contributed by atoms with Crippen molar-refractivity contribution in [2.75, 3.05) is 0 Å². The maximum Gasteiger partial charge on any atom is 0.194 e. The lowest BCUT2D eigenvalue weighted by Gasteiger charge is -2.16. The smallest absolute Gasteiger partial charge is 0.194 e. The molecule has 0 amide bonds. The average molecular weight is 266 g/mol. The van der Waals surface area contributed by atoms with Crippen LogP contribution in [0.3, 0.4) is 0 Å². The minimum Gasteiger partial charge on any atom is -0.384 e. The van der Waals surface area contributed by atoms with E-state index in [0.717, 1.165) is 23.3 Å². The molecule has 2 aromatic rings. The maximum atomic E-state index is 13.2. The minimum absolute atomic E-state index is 0.00917. The molecule has 0 spiro atoms. The van der Waals surface area contributed by atoms with E-state index >= 15 is 0 Å². The van der Waals surface area contributed by atoms with Gasteiger partial charge in [0.05, 0.1) is 0 Å². The van der Waals surface area contributed by atoms with Gasteiger partial charge in [-0.25, -0.2) is 13.2 Å². The molecule has 0 saturated carbocycles. The summed E-state index contributed by atoms with van der Waals surface area (Å²) in [6.45, 7) is 3.68. The Morgan fingerprint density at radius 2 is 1.58 bits per heavy atom. The number of aliphatic hydroxyl groups excluding tert-OH is 1. The zero-order valence-electron chi connectivity index (χ0n) is 10.5.